The molecule has 0 atom stereocenters. The fraction of sp³-hybridized carbons (Fsp3) is 0.333. The van der Waals surface area contributed by atoms with Crippen LogP contribution in [0.25, 0.3) is 10.9 Å². The standard InChI is InChI=1S/C15H18N2O2/c1-10-4-5-12-9-13(11(2)17-14(12)8-10)15(19)16-6-3-7-18/h4-5,8-9,18H,3,6-7H2,1-2H3,(H,16,19). The smallest absolute Gasteiger partial charge is 0.253 e. The van der Waals surface area contributed by atoms with Crippen molar-refractivity contribution in [1.82, 2.24) is 10.3 Å². The van der Waals surface area contributed by atoms with E-state index < -0.39 is 0 Å². The van der Waals surface area contributed by atoms with Crippen LogP contribution in [-0.4, -0.2) is 29.1 Å². The number of fused-ring (bicyclic) bond motifs is 1. The van der Waals surface area contributed by atoms with E-state index in [0.29, 0.717) is 18.5 Å². The molecule has 0 radical (unpaired) electrons. The number of nitrogens with zero attached hydrogens (tertiary/aromatic N) is 1. The predicted molar refractivity (Wildman–Crippen MR) is 75.3 cm³/mol. The lowest BCUT2D eigenvalue weighted by atomic mass is 10.1. The SMILES string of the molecule is Cc1ccc2cc(C(=O)NCCCO)c(C)nc2c1. The fourth-order valence-corrected chi connectivity index (χ4v) is 1.98. The van der Waals surface area contributed by atoms with E-state index in [-0.39, 0.29) is 12.5 Å². The Morgan fingerprint density at radius 1 is 1.32 bits per heavy atom. The molecule has 1 aromatic carbocycles. The van der Waals surface area contributed by atoms with Gasteiger partial charge in [-0.1, -0.05) is 12.1 Å². The van der Waals surface area contributed by atoms with Crippen molar-refractivity contribution in [3.8, 4) is 0 Å². The number of pyridine rings is 1. The monoisotopic (exact) mass is 258 g/mol. The van der Waals surface area contributed by atoms with E-state index in [1.807, 2.05) is 38.1 Å². The Morgan fingerprint density at radius 2 is 2.11 bits per heavy atom. The van der Waals surface area contributed by atoms with Crippen LogP contribution in [0.2, 0.25) is 0 Å². The van der Waals surface area contributed by atoms with Gasteiger partial charge in [-0.2, -0.15) is 0 Å². The maximum Gasteiger partial charge on any atom is 0.253 e. The average Bonchev–Trinajstić information content (AvgIpc) is 2.38. The molecule has 0 saturated carbocycles. The normalized spacial score (nSPS) is 10.7. The Morgan fingerprint density at radius 3 is 2.84 bits per heavy atom. The third-order valence-corrected chi connectivity index (χ3v) is 3.03. The van der Waals surface area contributed by atoms with Gasteiger partial charge in [0.1, 0.15) is 0 Å². The topological polar surface area (TPSA) is 62.2 Å². The number of aliphatic hydroxyl groups excluding tert-OH is 1. The number of hydrogen-bond acceptors (Lipinski definition) is 3. The molecular weight excluding hydrogens is 240 g/mol. The van der Waals surface area contributed by atoms with Crippen LogP contribution >= 0.6 is 0 Å². The summed E-state index contributed by atoms with van der Waals surface area (Å²) in [5.41, 5.74) is 3.37. The molecule has 100 valence electrons. The van der Waals surface area contributed by atoms with Crippen LogP contribution in [0.3, 0.4) is 0 Å². The van der Waals surface area contributed by atoms with Gasteiger partial charge in [-0.15, -0.1) is 0 Å². The zero-order valence-corrected chi connectivity index (χ0v) is 11.2. The Hall–Kier alpha value is -1.94. The summed E-state index contributed by atoms with van der Waals surface area (Å²) in [6.07, 6.45) is 0.561. The van der Waals surface area contributed by atoms with E-state index in [1.165, 1.54) is 0 Å². The minimum atomic E-state index is -0.138. The Labute approximate surface area is 112 Å². The van der Waals surface area contributed by atoms with Gasteiger partial charge in [-0.3, -0.25) is 9.78 Å². The molecule has 2 rings (SSSR count). The first-order chi connectivity index (χ1) is 9.11. The number of carbonyl (C=O) groups is 1. The number of aromatic nitrogens is 1. The molecule has 0 spiro atoms. The minimum absolute atomic E-state index is 0.0779. The van der Waals surface area contributed by atoms with E-state index >= 15 is 0 Å². The van der Waals surface area contributed by atoms with Crippen molar-refractivity contribution in [2.75, 3.05) is 13.2 Å². The molecule has 1 aromatic heterocycles. The molecule has 0 saturated heterocycles. The molecule has 4 nitrogen and oxygen atoms in total. The molecule has 0 aliphatic carbocycles. The summed E-state index contributed by atoms with van der Waals surface area (Å²) < 4.78 is 0. The van der Waals surface area contributed by atoms with Gasteiger partial charge in [0, 0.05) is 18.5 Å². The third kappa shape index (κ3) is 3.09. The molecule has 0 aliphatic rings. The molecule has 0 bridgehead atoms. The van der Waals surface area contributed by atoms with Crippen molar-refractivity contribution in [3.05, 3.63) is 41.1 Å². The molecule has 0 fully saturated rings. The predicted octanol–water partition coefficient (Wildman–Crippen LogP) is 1.96. The van der Waals surface area contributed by atoms with Gasteiger partial charge in [0.2, 0.25) is 0 Å². The van der Waals surface area contributed by atoms with Crippen LogP contribution in [0.1, 0.15) is 28.0 Å². The van der Waals surface area contributed by atoms with Crippen molar-refractivity contribution >= 4 is 16.8 Å². The quantitative estimate of drug-likeness (QED) is 0.824. The van der Waals surface area contributed by atoms with E-state index in [0.717, 1.165) is 22.2 Å². The molecule has 19 heavy (non-hydrogen) atoms. The number of hydrogen-bond donors (Lipinski definition) is 2. The summed E-state index contributed by atoms with van der Waals surface area (Å²) in [4.78, 5) is 16.5. The first kappa shape index (κ1) is 13.5. The average molecular weight is 258 g/mol. The Bertz CT molecular complexity index is 608. The lowest BCUT2D eigenvalue weighted by molar-refractivity contribution is 0.0950. The van der Waals surface area contributed by atoms with E-state index in [4.69, 9.17) is 5.11 Å². The number of nitrogens with one attached hydrogen (secondary N) is 1. The van der Waals surface area contributed by atoms with Crippen LogP contribution < -0.4 is 5.32 Å². The molecule has 1 heterocycles. The highest BCUT2D eigenvalue weighted by atomic mass is 16.3. The lowest BCUT2D eigenvalue weighted by Crippen LogP contribution is -2.26. The van der Waals surface area contributed by atoms with Gasteiger partial charge in [0.15, 0.2) is 0 Å². The maximum absolute atomic E-state index is 12.0. The number of benzene rings is 1. The second-order valence-electron chi connectivity index (χ2n) is 4.65. The molecule has 2 aromatic rings. The number of aliphatic hydroxyl groups is 1. The van der Waals surface area contributed by atoms with Gasteiger partial charge in [-0.05, 0) is 38.0 Å². The third-order valence-electron chi connectivity index (χ3n) is 3.03. The number of rotatable bonds is 4. The van der Waals surface area contributed by atoms with Crippen LogP contribution in [0.15, 0.2) is 24.3 Å². The van der Waals surface area contributed by atoms with Gasteiger partial charge in [0.05, 0.1) is 16.8 Å². The zero-order valence-electron chi connectivity index (χ0n) is 11.2. The van der Waals surface area contributed by atoms with E-state index in [2.05, 4.69) is 10.3 Å². The maximum atomic E-state index is 12.0. The van der Waals surface area contributed by atoms with Crippen molar-refractivity contribution in [3.63, 3.8) is 0 Å². The Balaban J connectivity index is 2.30. The van der Waals surface area contributed by atoms with Crippen molar-refractivity contribution < 1.29 is 9.90 Å². The first-order valence-corrected chi connectivity index (χ1v) is 6.39. The van der Waals surface area contributed by atoms with E-state index in [9.17, 15) is 4.79 Å². The van der Waals surface area contributed by atoms with E-state index in [1.54, 1.807) is 0 Å². The van der Waals surface area contributed by atoms with Crippen molar-refractivity contribution in [1.29, 1.82) is 0 Å². The Kier molecular flexibility index (Phi) is 4.12. The number of amides is 1. The fourth-order valence-electron chi connectivity index (χ4n) is 1.98. The first-order valence-electron chi connectivity index (χ1n) is 6.39. The van der Waals surface area contributed by atoms with Gasteiger partial charge < -0.3 is 10.4 Å². The van der Waals surface area contributed by atoms with Gasteiger partial charge in [-0.25, -0.2) is 0 Å². The lowest BCUT2D eigenvalue weighted by Gasteiger charge is -2.08. The van der Waals surface area contributed by atoms with Crippen LogP contribution in [-0.2, 0) is 0 Å². The van der Waals surface area contributed by atoms with Gasteiger partial charge in [0.25, 0.3) is 5.91 Å². The molecule has 4 heteroatoms. The number of carbonyl (C=O) groups excluding carboxylic acids is 1. The second-order valence-corrected chi connectivity index (χ2v) is 4.65. The summed E-state index contributed by atoms with van der Waals surface area (Å²) in [5, 5.41) is 12.4. The summed E-state index contributed by atoms with van der Waals surface area (Å²) in [5.74, 6) is -0.138. The highest BCUT2D eigenvalue weighted by Gasteiger charge is 2.11. The highest BCUT2D eigenvalue weighted by Crippen LogP contribution is 2.17. The molecular formula is C15H18N2O2. The zero-order chi connectivity index (χ0) is 13.8. The molecule has 1 amide bonds. The van der Waals surface area contributed by atoms with Crippen molar-refractivity contribution in [2.45, 2.75) is 20.3 Å². The summed E-state index contributed by atoms with van der Waals surface area (Å²) in [6, 6.07) is 7.86. The summed E-state index contributed by atoms with van der Waals surface area (Å²) >= 11 is 0. The summed E-state index contributed by atoms with van der Waals surface area (Å²) in [6.45, 7) is 4.41. The van der Waals surface area contributed by atoms with Gasteiger partial charge >= 0.3 is 0 Å². The number of aryl methyl sites for hydroxylation is 2. The summed E-state index contributed by atoms with van der Waals surface area (Å²) in [7, 11) is 0. The second kappa shape index (κ2) is 5.80. The van der Waals surface area contributed by atoms with Crippen LogP contribution in [0, 0.1) is 13.8 Å². The van der Waals surface area contributed by atoms with Crippen LogP contribution in [0.4, 0.5) is 0 Å². The molecule has 0 aliphatic heterocycles. The largest absolute Gasteiger partial charge is 0.396 e. The van der Waals surface area contributed by atoms with Crippen LogP contribution in [0.5, 0.6) is 0 Å². The van der Waals surface area contributed by atoms with Crippen molar-refractivity contribution in [2.24, 2.45) is 0 Å². The molecule has 2 N–H and O–H groups in total. The minimum Gasteiger partial charge on any atom is -0.396 e. The highest BCUT2D eigenvalue weighted by molar-refractivity contribution is 5.98. The molecule has 0 unspecified atom stereocenters.